The lowest BCUT2D eigenvalue weighted by Gasteiger charge is -1.98. The highest BCUT2D eigenvalue weighted by atomic mass is 16.6. The van der Waals surface area contributed by atoms with Gasteiger partial charge in [-0.3, -0.25) is 4.79 Å². The Morgan fingerprint density at radius 1 is 1.50 bits per heavy atom. The van der Waals surface area contributed by atoms with Crippen LogP contribution in [0.3, 0.4) is 0 Å². The van der Waals surface area contributed by atoms with Crippen LogP contribution in [0.25, 0.3) is 0 Å². The minimum absolute atomic E-state index is 0.0103. The van der Waals surface area contributed by atoms with E-state index in [0.29, 0.717) is 6.61 Å². The molecule has 0 heterocycles. The SMILES string of the molecule is CCCCCON=CC1[C@@H](C(=O)O)C1(C)C. The summed E-state index contributed by atoms with van der Waals surface area (Å²) in [5, 5.41) is 12.8. The third-order valence-corrected chi connectivity index (χ3v) is 3.31. The van der Waals surface area contributed by atoms with E-state index in [1.54, 1.807) is 6.21 Å². The van der Waals surface area contributed by atoms with Crippen molar-refractivity contribution >= 4 is 12.2 Å². The van der Waals surface area contributed by atoms with Crippen LogP contribution in [0.2, 0.25) is 0 Å². The normalized spacial score (nSPS) is 26.9. The van der Waals surface area contributed by atoms with E-state index < -0.39 is 5.97 Å². The molecule has 0 radical (unpaired) electrons. The molecule has 0 aromatic carbocycles. The van der Waals surface area contributed by atoms with Gasteiger partial charge in [0.15, 0.2) is 0 Å². The standard InChI is InChI=1S/C12H21NO3/c1-4-5-6-7-16-13-8-9-10(11(14)15)12(9,2)3/h8-10H,4-7H2,1-3H3,(H,14,15)/t9?,10-/m0/s1. The van der Waals surface area contributed by atoms with Crippen LogP contribution in [0, 0.1) is 17.3 Å². The van der Waals surface area contributed by atoms with Crippen LogP contribution in [-0.4, -0.2) is 23.9 Å². The van der Waals surface area contributed by atoms with Crippen molar-refractivity contribution < 1.29 is 14.7 Å². The molecule has 0 aromatic rings. The number of rotatable bonds is 7. The quantitative estimate of drug-likeness (QED) is 0.413. The second-order valence-electron chi connectivity index (χ2n) is 4.96. The number of nitrogens with zero attached hydrogens (tertiary/aromatic N) is 1. The first-order valence-corrected chi connectivity index (χ1v) is 5.90. The summed E-state index contributed by atoms with van der Waals surface area (Å²) >= 11 is 0. The predicted molar refractivity (Wildman–Crippen MR) is 62.4 cm³/mol. The predicted octanol–water partition coefficient (Wildman–Crippen LogP) is 2.54. The van der Waals surface area contributed by atoms with Gasteiger partial charge in [-0.05, 0) is 11.8 Å². The highest BCUT2D eigenvalue weighted by Crippen LogP contribution is 2.57. The van der Waals surface area contributed by atoms with Crippen LogP contribution in [-0.2, 0) is 9.63 Å². The minimum Gasteiger partial charge on any atom is -0.481 e. The maximum atomic E-state index is 10.9. The lowest BCUT2D eigenvalue weighted by Crippen LogP contribution is -2.03. The van der Waals surface area contributed by atoms with Crippen molar-refractivity contribution in [1.82, 2.24) is 0 Å². The van der Waals surface area contributed by atoms with Crippen molar-refractivity contribution in [2.45, 2.75) is 40.0 Å². The van der Waals surface area contributed by atoms with Crippen molar-refractivity contribution in [1.29, 1.82) is 0 Å². The fourth-order valence-corrected chi connectivity index (χ4v) is 2.01. The van der Waals surface area contributed by atoms with Gasteiger partial charge in [-0.25, -0.2) is 0 Å². The van der Waals surface area contributed by atoms with Gasteiger partial charge < -0.3 is 9.94 Å². The largest absolute Gasteiger partial charge is 0.481 e. The van der Waals surface area contributed by atoms with Crippen LogP contribution >= 0.6 is 0 Å². The van der Waals surface area contributed by atoms with Crippen molar-refractivity contribution in [2.24, 2.45) is 22.4 Å². The second-order valence-corrected chi connectivity index (χ2v) is 4.96. The summed E-state index contributed by atoms with van der Waals surface area (Å²) in [6, 6.07) is 0. The third kappa shape index (κ3) is 2.97. The van der Waals surface area contributed by atoms with E-state index in [2.05, 4.69) is 12.1 Å². The molecule has 16 heavy (non-hydrogen) atoms. The minimum atomic E-state index is -0.743. The zero-order valence-corrected chi connectivity index (χ0v) is 10.3. The van der Waals surface area contributed by atoms with Crippen molar-refractivity contribution in [3.8, 4) is 0 Å². The molecular weight excluding hydrogens is 206 g/mol. The molecule has 1 aliphatic rings. The molecule has 2 atom stereocenters. The molecule has 0 spiro atoms. The van der Waals surface area contributed by atoms with Gasteiger partial charge in [0.25, 0.3) is 0 Å². The van der Waals surface area contributed by atoms with E-state index in [-0.39, 0.29) is 17.3 Å². The average Bonchev–Trinajstić information content (AvgIpc) is 2.74. The topological polar surface area (TPSA) is 58.9 Å². The Morgan fingerprint density at radius 3 is 2.69 bits per heavy atom. The Kier molecular flexibility index (Phi) is 4.33. The van der Waals surface area contributed by atoms with Gasteiger partial charge in [0.05, 0.1) is 5.92 Å². The molecule has 92 valence electrons. The Labute approximate surface area is 96.7 Å². The molecule has 0 aromatic heterocycles. The summed E-state index contributed by atoms with van der Waals surface area (Å²) < 4.78 is 0. The first-order valence-electron chi connectivity index (χ1n) is 5.90. The molecule has 0 bridgehead atoms. The van der Waals surface area contributed by atoms with Crippen LogP contribution in [0.4, 0.5) is 0 Å². The molecule has 1 fully saturated rings. The van der Waals surface area contributed by atoms with Gasteiger partial charge in [0, 0.05) is 12.1 Å². The van der Waals surface area contributed by atoms with Gasteiger partial charge in [-0.2, -0.15) is 0 Å². The molecule has 1 rings (SSSR count). The number of carboxylic acid groups (broad SMARTS) is 1. The number of hydrogen-bond donors (Lipinski definition) is 1. The van der Waals surface area contributed by atoms with E-state index in [9.17, 15) is 4.79 Å². The summed E-state index contributed by atoms with van der Waals surface area (Å²) in [7, 11) is 0. The Balaban J connectivity index is 2.23. The number of aliphatic carboxylic acids is 1. The Bertz CT molecular complexity index is 273. The fourth-order valence-electron chi connectivity index (χ4n) is 2.01. The Hall–Kier alpha value is -1.06. The number of oxime groups is 1. The monoisotopic (exact) mass is 227 g/mol. The average molecular weight is 227 g/mol. The Morgan fingerprint density at radius 2 is 2.19 bits per heavy atom. The number of carboxylic acids is 1. The molecule has 1 unspecified atom stereocenters. The smallest absolute Gasteiger partial charge is 0.307 e. The zero-order valence-electron chi connectivity index (χ0n) is 10.3. The lowest BCUT2D eigenvalue weighted by atomic mass is 10.1. The third-order valence-electron chi connectivity index (χ3n) is 3.31. The first-order chi connectivity index (χ1) is 7.51. The maximum absolute atomic E-state index is 10.9. The van der Waals surface area contributed by atoms with E-state index in [1.165, 1.54) is 0 Å². The van der Waals surface area contributed by atoms with Crippen LogP contribution in [0.15, 0.2) is 5.16 Å². The van der Waals surface area contributed by atoms with Gasteiger partial charge in [0.2, 0.25) is 0 Å². The molecule has 4 heteroatoms. The van der Waals surface area contributed by atoms with Crippen molar-refractivity contribution in [3.05, 3.63) is 0 Å². The zero-order chi connectivity index (χ0) is 12.2. The first kappa shape index (κ1) is 13.0. The van der Waals surface area contributed by atoms with E-state index >= 15 is 0 Å². The molecule has 4 nitrogen and oxygen atoms in total. The van der Waals surface area contributed by atoms with E-state index in [0.717, 1.165) is 19.3 Å². The van der Waals surface area contributed by atoms with Crippen LogP contribution < -0.4 is 0 Å². The maximum Gasteiger partial charge on any atom is 0.307 e. The van der Waals surface area contributed by atoms with Crippen molar-refractivity contribution in [3.63, 3.8) is 0 Å². The van der Waals surface area contributed by atoms with Gasteiger partial charge in [-0.1, -0.05) is 38.8 Å². The molecule has 1 saturated carbocycles. The molecular formula is C12H21NO3. The summed E-state index contributed by atoms with van der Waals surface area (Å²) in [4.78, 5) is 15.9. The molecule has 0 amide bonds. The highest BCUT2D eigenvalue weighted by Gasteiger charge is 2.61. The van der Waals surface area contributed by atoms with Crippen LogP contribution in [0.5, 0.6) is 0 Å². The van der Waals surface area contributed by atoms with E-state index in [4.69, 9.17) is 9.94 Å². The summed E-state index contributed by atoms with van der Waals surface area (Å²) in [5.74, 6) is -1.04. The molecule has 0 saturated heterocycles. The van der Waals surface area contributed by atoms with E-state index in [1.807, 2.05) is 13.8 Å². The highest BCUT2D eigenvalue weighted by molar-refractivity contribution is 5.84. The second kappa shape index (κ2) is 5.32. The van der Waals surface area contributed by atoms with Gasteiger partial charge in [0.1, 0.15) is 6.61 Å². The molecule has 1 aliphatic carbocycles. The fraction of sp³-hybridized carbons (Fsp3) is 0.833. The van der Waals surface area contributed by atoms with Gasteiger partial charge >= 0.3 is 5.97 Å². The molecule has 1 N–H and O–H groups in total. The number of carbonyl (C=O) groups is 1. The summed E-state index contributed by atoms with van der Waals surface area (Å²) in [6.45, 7) is 6.64. The number of unbranched alkanes of at least 4 members (excludes halogenated alkanes) is 2. The summed E-state index contributed by atoms with van der Waals surface area (Å²) in [5.41, 5.74) is -0.178. The summed E-state index contributed by atoms with van der Waals surface area (Å²) in [6.07, 6.45) is 4.95. The molecule has 0 aliphatic heterocycles. The van der Waals surface area contributed by atoms with Crippen molar-refractivity contribution in [2.75, 3.05) is 6.61 Å². The van der Waals surface area contributed by atoms with Crippen LogP contribution in [0.1, 0.15) is 40.0 Å². The number of hydrogen-bond acceptors (Lipinski definition) is 3. The van der Waals surface area contributed by atoms with Gasteiger partial charge in [-0.15, -0.1) is 0 Å². The lowest BCUT2D eigenvalue weighted by molar-refractivity contribution is -0.139.